The molecule has 21 heavy (non-hydrogen) atoms. The van der Waals surface area contributed by atoms with Crippen molar-refractivity contribution in [1.82, 2.24) is 4.72 Å². The predicted molar refractivity (Wildman–Crippen MR) is 90.4 cm³/mol. The molecule has 120 valence electrons. The van der Waals surface area contributed by atoms with Gasteiger partial charge in [0.1, 0.15) is 0 Å². The van der Waals surface area contributed by atoms with Crippen LogP contribution in [0.25, 0.3) is 0 Å². The lowest BCUT2D eigenvalue weighted by molar-refractivity contribution is 0.102. The summed E-state index contributed by atoms with van der Waals surface area (Å²) in [7, 11) is -1.05. The summed E-state index contributed by atoms with van der Waals surface area (Å²) in [5.41, 5.74) is 1.17. The van der Waals surface area contributed by atoms with Crippen LogP contribution in [0.5, 0.6) is 0 Å². The molecule has 1 N–H and O–H groups in total. The molecule has 0 radical (unpaired) electrons. The zero-order valence-corrected chi connectivity index (χ0v) is 14.5. The minimum Gasteiger partial charge on any atom is -0.375 e. The first-order valence-electron chi connectivity index (χ1n) is 7.73. The van der Waals surface area contributed by atoms with Gasteiger partial charge in [-0.05, 0) is 32.8 Å². The molecule has 1 unspecified atom stereocenters. The second kappa shape index (κ2) is 9.34. The van der Waals surface area contributed by atoms with E-state index in [-0.39, 0.29) is 10.8 Å². The summed E-state index contributed by atoms with van der Waals surface area (Å²) in [6.45, 7) is 9.32. The average Bonchev–Trinajstić information content (AvgIpc) is 2.44. The van der Waals surface area contributed by atoms with Crippen LogP contribution in [0.3, 0.4) is 0 Å². The molecule has 0 amide bonds. The molecule has 0 saturated carbocycles. The lowest BCUT2D eigenvalue weighted by atomic mass is 10.1. The Labute approximate surface area is 132 Å². The predicted octanol–water partition coefficient (Wildman–Crippen LogP) is 3.81. The standard InChI is InChI=1S/C17H29NO2S/c1-5-6-12-16(18-21(19)17(2,3)4)14-20-13-15-10-8-7-9-11-15/h7-11,16,18H,5-6,12-14H2,1-4H3/t16-,21?/m1/s1. The fourth-order valence-electron chi connectivity index (χ4n) is 1.85. The van der Waals surface area contributed by atoms with Crippen molar-refractivity contribution in [2.24, 2.45) is 0 Å². The first-order valence-corrected chi connectivity index (χ1v) is 8.88. The Morgan fingerprint density at radius 1 is 1.24 bits per heavy atom. The van der Waals surface area contributed by atoms with Gasteiger partial charge in [-0.15, -0.1) is 0 Å². The third kappa shape index (κ3) is 7.74. The van der Waals surface area contributed by atoms with Gasteiger partial charge in [-0.25, -0.2) is 8.93 Å². The summed E-state index contributed by atoms with van der Waals surface area (Å²) in [4.78, 5) is 0. The van der Waals surface area contributed by atoms with Gasteiger partial charge in [0, 0.05) is 6.04 Å². The number of rotatable bonds is 9. The van der Waals surface area contributed by atoms with Crippen molar-refractivity contribution in [3.63, 3.8) is 0 Å². The number of nitrogens with one attached hydrogen (secondary N) is 1. The molecule has 0 aromatic heterocycles. The maximum atomic E-state index is 12.2. The molecule has 0 fully saturated rings. The highest BCUT2D eigenvalue weighted by Gasteiger charge is 2.22. The minimum atomic E-state index is -1.05. The molecule has 0 heterocycles. The van der Waals surface area contributed by atoms with Crippen LogP contribution < -0.4 is 4.72 Å². The van der Waals surface area contributed by atoms with Gasteiger partial charge in [0.2, 0.25) is 0 Å². The number of benzene rings is 1. The maximum Gasteiger partial charge on any atom is 0.0973 e. The van der Waals surface area contributed by atoms with Gasteiger partial charge in [-0.3, -0.25) is 0 Å². The number of unbranched alkanes of at least 4 members (excludes halogenated alkanes) is 1. The lowest BCUT2D eigenvalue weighted by Crippen LogP contribution is -2.42. The zero-order valence-electron chi connectivity index (χ0n) is 13.7. The largest absolute Gasteiger partial charge is 0.375 e. The highest BCUT2D eigenvalue weighted by molar-refractivity contribution is 7.84. The summed E-state index contributed by atoms with van der Waals surface area (Å²) in [5.74, 6) is 0. The van der Waals surface area contributed by atoms with E-state index in [1.807, 2.05) is 39.0 Å². The summed E-state index contributed by atoms with van der Waals surface area (Å²) in [6.07, 6.45) is 3.25. The Morgan fingerprint density at radius 3 is 2.48 bits per heavy atom. The molecule has 2 atom stereocenters. The molecular formula is C17H29NO2S. The summed E-state index contributed by atoms with van der Waals surface area (Å²) in [5, 5.41) is 0. The normalized spacial score (nSPS) is 14.9. The second-order valence-electron chi connectivity index (χ2n) is 6.34. The Hall–Kier alpha value is -0.710. The van der Waals surface area contributed by atoms with Crippen molar-refractivity contribution in [2.45, 2.75) is 64.4 Å². The van der Waals surface area contributed by atoms with Gasteiger partial charge < -0.3 is 4.74 Å². The Bertz CT molecular complexity index is 415. The van der Waals surface area contributed by atoms with Crippen molar-refractivity contribution < 1.29 is 8.95 Å². The molecule has 1 aromatic carbocycles. The minimum absolute atomic E-state index is 0.147. The third-order valence-electron chi connectivity index (χ3n) is 3.17. The molecule has 0 saturated heterocycles. The van der Waals surface area contributed by atoms with E-state index >= 15 is 0 Å². The molecule has 0 aliphatic carbocycles. The third-order valence-corrected chi connectivity index (χ3v) is 4.83. The summed E-state index contributed by atoms with van der Waals surface area (Å²) >= 11 is 0. The van der Waals surface area contributed by atoms with Gasteiger partial charge in [-0.1, -0.05) is 50.1 Å². The summed E-state index contributed by atoms with van der Waals surface area (Å²) in [6, 6.07) is 10.3. The smallest absolute Gasteiger partial charge is 0.0973 e. The van der Waals surface area contributed by atoms with Gasteiger partial charge in [-0.2, -0.15) is 0 Å². The molecule has 3 nitrogen and oxygen atoms in total. The highest BCUT2D eigenvalue weighted by atomic mass is 32.2. The van der Waals surface area contributed by atoms with Gasteiger partial charge in [0.25, 0.3) is 0 Å². The molecular weight excluding hydrogens is 282 g/mol. The number of hydrogen-bond donors (Lipinski definition) is 1. The SMILES string of the molecule is CCCC[C@H](COCc1ccccc1)NS(=O)C(C)(C)C. The van der Waals surface area contributed by atoms with Crippen LogP contribution in [0.4, 0.5) is 0 Å². The Balaban J connectivity index is 2.44. The van der Waals surface area contributed by atoms with E-state index in [0.29, 0.717) is 13.2 Å². The molecule has 0 aliphatic rings. The average molecular weight is 311 g/mol. The van der Waals surface area contributed by atoms with Crippen molar-refractivity contribution in [3.05, 3.63) is 35.9 Å². The molecule has 1 aromatic rings. The monoisotopic (exact) mass is 311 g/mol. The van der Waals surface area contributed by atoms with E-state index in [4.69, 9.17) is 4.74 Å². The summed E-state index contributed by atoms with van der Waals surface area (Å²) < 4.78 is 21.0. The first kappa shape index (κ1) is 18.3. The molecule has 0 spiro atoms. The molecule has 1 rings (SSSR count). The number of ether oxygens (including phenoxy) is 1. The van der Waals surface area contributed by atoms with Crippen LogP contribution in [0.15, 0.2) is 30.3 Å². The van der Waals surface area contributed by atoms with E-state index in [2.05, 4.69) is 23.8 Å². The van der Waals surface area contributed by atoms with Crippen LogP contribution in [-0.4, -0.2) is 21.6 Å². The molecule has 0 aliphatic heterocycles. The Kier molecular flexibility index (Phi) is 8.15. The quantitative estimate of drug-likeness (QED) is 0.753. The molecule has 0 bridgehead atoms. The van der Waals surface area contributed by atoms with E-state index in [1.165, 1.54) is 5.56 Å². The van der Waals surface area contributed by atoms with Crippen molar-refractivity contribution in [2.75, 3.05) is 6.61 Å². The number of hydrogen-bond acceptors (Lipinski definition) is 2. The van der Waals surface area contributed by atoms with Gasteiger partial charge in [0.15, 0.2) is 0 Å². The first-order chi connectivity index (χ1) is 9.93. The van der Waals surface area contributed by atoms with Crippen molar-refractivity contribution in [1.29, 1.82) is 0 Å². The van der Waals surface area contributed by atoms with Gasteiger partial charge in [0.05, 0.1) is 28.9 Å². The highest BCUT2D eigenvalue weighted by Crippen LogP contribution is 2.12. The van der Waals surface area contributed by atoms with Crippen molar-refractivity contribution >= 4 is 11.0 Å². The lowest BCUT2D eigenvalue weighted by Gasteiger charge is -2.24. The van der Waals surface area contributed by atoms with Crippen LogP contribution in [0.1, 0.15) is 52.5 Å². The van der Waals surface area contributed by atoms with Crippen LogP contribution in [-0.2, 0) is 22.3 Å². The van der Waals surface area contributed by atoms with E-state index in [1.54, 1.807) is 0 Å². The topological polar surface area (TPSA) is 38.3 Å². The van der Waals surface area contributed by atoms with Crippen molar-refractivity contribution in [3.8, 4) is 0 Å². The van der Waals surface area contributed by atoms with Crippen LogP contribution in [0, 0.1) is 0 Å². The molecule has 4 heteroatoms. The second-order valence-corrected chi connectivity index (χ2v) is 8.34. The van der Waals surface area contributed by atoms with Gasteiger partial charge >= 0.3 is 0 Å². The zero-order chi connectivity index (χ0) is 15.7. The van der Waals surface area contributed by atoms with Crippen LogP contribution in [0.2, 0.25) is 0 Å². The maximum absolute atomic E-state index is 12.2. The van der Waals surface area contributed by atoms with E-state index in [9.17, 15) is 4.21 Å². The Morgan fingerprint density at radius 2 is 1.90 bits per heavy atom. The van der Waals surface area contributed by atoms with Crippen LogP contribution >= 0.6 is 0 Å². The van der Waals surface area contributed by atoms with E-state index < -0.39 is 11.0 Å². The van der Waals surface area contributed by atoms with E-state index in [0.717, 1.165) is 19.3 Å². The fourth-order valence-corrected chi connectivity index (χ4v) is 2.69. The fraction of sp³-hybridized carbons (Fsp3) is 0.647.